The van der Waals surface area contributed by atoms with Crippen molar-refractivity contribution >= 4 is 15.7 Å². The van der Waals surface area contributed by atoms with Crippen LogP contribution in [-0.2, 0) is 10.0 Å². The van der Waals surface area contributed by atoms with Gasteiger partial charge >= 0.3 is 0 Å². The SMILES string of the molecule is CN1CCC(CNS(=O)(=O)c2ccc(N)cc2)CC1. The van der Waals surface area contributed by atoms with Crippen molar-refractivity contribution in [2.75, 3.05) is 32.4 Å². The van der Waals surface area contributed by atoms with Crippen LogP contribution in [0.4, 0.5) is 5.69 Å². The van der Waals surface area contributed by atoms with Gasteiger partial charge in [0.2, 0.25) is 10.0 Å². The van der Waals surface area contributed by atoms with E-state index in [1.807, 2.05) is 0 Å². The summed E-state index contributed by atoms with van der Waals surface area (Å²) in [4.78, 5) is 2.54. The molecule has 1 saturated heterocycles. The molecule has 1 aliphatic heterocycles. The molecule has 1 aliphatic rings. The van der Waals surface area contributed by atoms with Crippen molar-refractivity contribution in [2.24, 2.45) is 5.92 Å². The second-order valence-corrected chi connectivity index (χ2v) is 6.93. The highest BCUT2D eigenvalue weighted by Crippen LogP contribution is 2.16. The topological polar surface area (TPSA) is 75.4 Å². The van der Waals surface area contributed by atoms with Gasteiger partial charge in [-0.05, 0) is 63.2 Å². The Bertz CT molecular complexity index is 505. The predicted octanol–water partition coefficient (Wildman–Crippen LogP) is 0.889. The number of sulfonamides is 1. The van der Waals surface area contributed by atoms with Gasteiger partial charge in [0.25, 0.3) is 0 Å². The lowest BCUT2D eigenvalue weighted by molar-refractivity contribution is 0.220. The van der Waals surface area contributed by atoms with E-state index >= 15 is 0 Å². The van der Waals surface area contributed by atoms with Gasteiger partial charge in [0.15, 0.2) is 0 Å². The number of benzene rings is 1. The number of nitrogen functional groups attached to an aromatic ring is 1. The third kappa shape index (κ3) is 3.92. The van der Waals surface area contributed by atoms with E-state index in [2.05, 4.69) is 16.7 Å². The van der Waals surface area contributed by atoms with Crippen molar-refractivity contribution in [2.45, 2.75) is 17.7 Å². The fraction of sp³-hybridized carbons (Fsp3) is 0.538. The standard InChI is InChI=1S/C13H21N3O2S/c1-16-8-6-11(7-9-16)10-15-19(17,18)13-4-2-12(14)3-5-13/h2-5,11,15H,6-10,14H2,1H3. The molecule has 1 aromatic carbocycles. The van der Waals surface area contributed by atoms with Gasteiger partial charge in [-0.25, -0.2) is 13.1 Å². The van der Waals surface area contributed by atoms with Crippen LogP contribution in [0.15, 0.2) is 29.2 Å². The molecule has 5 nitrogen and oxygen atoms in total. The number of anilines is 1. The number of hydrogen-bond donors (Lipinski definition) is 2. The van der Waals surface area contributed by atoms with Crippen molar-refractivity contribution in [1.82, 2.24) is 9.62 Å². The number of hydrogen-bond acceptors (Lipinski definition) is 4. The highest BCUT2D eigenvalue weighted by Gasteiger charge is 2.20. The molecule has 106 valence electrons. The summed E-state index contributed by atoms with van der Waals surface area (Å²) in [5, 5.41) is 0. The summed E-state index contributed by atoms with van der Waals surface area (Å²) in [6.07, 6.45) is 2.08. The minimum absolute atomic E-state index is 0.273. The van der Waals surface area contributed by atoms with Crippen LogP contribution in [0, 0.1) is 5.92 Å². The number of nitrogens with two attached hydrogens (primary N) is 1. The largest absolute Gasteiger partial charge is 0.399 e. The molecule has 3 N–H and O–H groups in total. The maximum absolute atomic E-state index is 12.1. The zero-order chi connectivity index (χ0) is 13.9. The monoisotopic (exact) mass is 283 g/mol. The molecular weight excluding hydrogens is 262 g/mol. The van der Waals surface area contributed by atoms with Crippen LogP contribution < -0.4 is 10.5 Å². The van der Waals surface area contributed by atoms with Crippen molar-refractivity contribution in [1.29, 1.82) is 0 Å². The first kappa shape index (κ1) is 14.3. The highest BCUT2D eigenvalue weighted by atomic mass is 32.2. The first-order valence-corrected chi connectivity index (χ1v) is 7.99. The van der Waals surface area contributed by atoms with Gasteiger partial charge in [-0.15, -0.1) is 0 Å². The molecule has 0 saturated carbocycles. The number of piperidine rings is 1. The molecule has 19 heavy (non-hydrogen) atoms. The van der Waals surface area contributed by atoms with Crippen molar-refractivity contribution < 1.29 is 8.42 Å². The van der Waals surface area contributed by atoms with Gasteiger partial charge in [0, 0.05) is 12.2 Å². The Morgan fingerprint density at radius 3 is 2.42 bits per heavy atom. The molecular formula is C13H21N3O2S. The van der Waals surface area contributed by atoms with Crippen molar-refractivity contribution in [3.05, 3.63) is 24.3 Å². The van der Waals surface area contributed by atoms with E-state index in [0.29, 0.717) is 18.2 Å². The van der Waals surface area contributed by atoms with Crippen LogP contribution in [0.25, 0.3) is 0 Å². The second-order valence-electron chi connectivity index (χ2n) is 5.17. The molecule has 1 aromatic rings. The molecule has 0 radical (unpaired) electrons. The summed E-state index contributed by atoms with van der Waals surface area (Å²) in [7, 11) is -1.32. The summed E-state index contributed by atoms with van der Waals surface area (Å²) in [5.41, 5.74) is 6.12. The lowest BCUT2D eigenvalue weighted by Crippen LogP contribution is -2.36. The Balaban J connectivity index is 1.92. The van der Waals surface area contributed by atoms with E-state index in [0.717, 1.165) is 25.9 Å². The van der Waals surface area contributed by atoms with Gasteiger partial charge in [-0.3, -0.25) is 0 Å². The zero-order valence-electron chi connectivity index (χ0n) is 11.2. The quantitative estimate of drug-likeness (QED) is 0.805. The first-order valence-electron chi connectivity index (χ1n) is 6.51. The lowest BCUT2D eigenvalue weighted by Gasteiger charge is -2.28. The number of rotatable bonds is 4. The van der Waals surface area contributed by atoms with Crippen LogP contribution in [0.1, 0.15) is 12.8 Å². The molecule has 0 aromatic heterocycles. The molecule has 2 rings (SSSR count). The van der Waals surface area contributed by atoms with Gasteiger partial charge in [0.1, 0.15) is 0 Å². The third-order valence-corrected chi connectivity index (χ3v) is 5.03. The summed E-state index contributed by atoms with van der Waals surface area (Å²) < 4.78 is 26.9. The Morgan fingerprint density at radius 1 is 1.26 bits per heavy atom. The van der Waals surface area contributed by atoms with Gasteiger partial charge < -0.3 is 10.6 Å². The van der Waals surface area contributed by atoms with Gasteiger partial charge in [0.05, 0.1) is 4.90 Å². The van der Waals surface area contributed by atoms with E-state index in [9.17, 15) is 8.42 Å². The number of nitrogens with one attached hydrogen (secondary N) is 1. The van der Waals surface area contributed by atoms with Gasteiger partial charge in [-0.2, -0.15) is 0 Å². The van der Waals surface area contributed by atoms with Crippen molar-refractivity contribution in [3.63, 3.8) is 0 Å². The molecule has 0 atom stereocenters. The molecule has 1 fully saturated rings. The minimum atomic E-state index is -3.41. The molecule has 0 spiro atoms. The Labute approximate surface area is 114 Å². The van der Waals surface area contributed by atoms with E-state index in [-0.39, 0.29) is 4.90 Å². The fourth-order valence-corrected chi connectivity index (χ4v) is 3.34. The summed E-state index contributed by atoms with van der Waals surface area (Å²) in [5.74, 6) is 0.430. The molecule has 1 heterocycles. The summed E-state index contributed by atoms with van der Waals surface area (Å²) >= 11 is 0. The average molecular weight is 283 g/mol. The fourth-order valence-electron chi connectivity index (χ4n) is 2.22. The molecule has 0 unspecified atom stereocenters. The number of nitrogens with zero attached hydrogens (tertiary/aromatic N) is 1. The Morgan fingerprint density at radius 2 is 1.84 bits per heavy atom. The predicted molar refractivity (Wildman–Crippen MR) is 76.3 cm³/mol. The zero-order valence-corrected chi connectivity index (χ0v) is 12.0. The third-order valence-electron chi connectivity index (χ3n) is 3.59. The normalized spacial score (nSPS) is 18.6. The lowest BCUT2D eigenvalue weighted by atomic mass is 9.98. The second kappa shape index (κ2) is 5.90. The molecule has 0 aliphatic carbocycles. The van der Waals surface area contributed by atoms with E-state index < -0.39 is 10.0 Å². The maximum Gasteiger partial charge on any atom is 0.240 e. The van der Waals surface area contributed by atoms with Crippen LogP contribution in [0.5, 0.6) is 0 Å². The van der Waals surface area contributed by atoms with Crippen LogP contribution in [0.2, 0.25) is 0 Å². The minimum Gasteiger partial charge on any atom is -0.399 e. The van der Waals surface area contributed by atoms with Crippen LogP contribution in [0.3, 0.4) is 0 Å². The summed E-state index contributed by atoms with van der Waals surface area (Å²) in [6, 6.07) is 6.27. The number of likely N-dealkylation sites (tertiary alicyclic amines) is 1. The maximum atomic E-state index is 12.1. The highest BCUT2D eigenvalue weighted by molar-refractivity contribution is 7.89. The Hall–Kier alpha value is -1.11. The van der Waals surface area contributed by atoms with E-state index in [1.54, 1.807) is 12.1 Å². The van der Waals surface area contributed by atoms with Crippen LogP contribution >= 0.6 is 0 Å². The Kier molecular flexibility index (Phi) is 4.44. The van der Waals surface area contributed by atoms with Gasteiger partial charge in [-0.1, -0.05) is 0 Å². The van der Waals surface area contributed by atoms with E-state index in [4.69, 9.17) is 5.73 Å². The smallest absolute Gasteiger partial charge is 0.240 e. The van der Waals surface area contributed by atoms with E-state index in [1.165, 1.54) is 12.1 Å². The molecule has 0 amide bonds. The van der Waals surface area contributed by atoms with Crippen molar-refractivity contribution in [3.8, 4) is 0 Å². The average Bonchev–Trinajstić information content (AvgIpc) is 2.39. The molecule has 6 heteroatoms. The molecule has 0 bridgehead atoms. The first-order chi connectivity index (χ1) is 8.97. The van der Waals surface area contributed by atoms with Crippen LogP contribution in [-0.4, -0.2) is 40.0 Å². The summed E-state index contributed by atoms with van der Waals surface area (Å²) in [6.45, 7) is 2.59.